The van der Waals surface area contributed by atoms with Gasteiger partial charge in [-0.3, -0.25) is 9.59 Å². The molecule has 0 amide bonds. The van der Waals surface area contributed by atoms with Crippen molar-refractivity contribution in [2.45, 2.75) is 32.2 Å². The van der Waals surface area contributed by atoms with E-state index in [2.05, 4.69) is 0 Å². The first-order valence-corrected chi connectivity index (χ1v) is 5.61. The number of aliphatic hydroxyl groups is 1. The van der Waals surface area contributed by atoms with E-state index in [0.717, 1.165) is 18.5 Å². The van der Waals surface area contributed by atoms with E-state index >= 15 is 0 Å². The third-order valence-corrected chi connectivity index (χ3v) is 2.95. The van der Waals surface area contributed by atoms with E-state index in [-0.39, 0.29) is 17.9 Å². The number of fused-ring (bicyclic) bond motifs is 1. The van der Waals surface area contributed by atoms with Crippen LogP contribution in [0.3, 0.4) is 0 Å². The van der Waals surface area contributed by atoms with Crippen LogP contribution >= 0.6 is 0 Å². The molecule has 0 bridgehead atoms. The lowest BCUT2D eigenvalue weighted by Crippen LogP contribution is -2.28. The maximum Gasteiger partial charge on any atom is 0.250 e. The van der Waals surface area contributed by atoms with Gasteiger partial charge in [-0.05, 0) is 25.3 Å². The molecule has 0 atom stereocenters. The van der Waals surface area contributed by atoms with Gasteiger partial charge in [-0.1, -0.05) is 0 Å². The van der Waals surface area contributed by atoms with Crippen LogP contribution in [0.2, 0.25) is 0 Å². The minimum absolute atomic E-state index is 0.0596. The molecular formula is C12H15NO3. The summed E-state index contributed by atoms with van der Waals surface area (Å²) >= 11 is 0. The molecule has 0 radical (unpaired) electrons. The van der Waals surface area contributed by atoms with Crippen molar-refractivity contribution in [3.8, 4) is 0 Å². The van der Waals surface area contributed by atoms with Crippen LogP contribution < -0.4 is 5.56 Å². The summed E-state index contributed by atoms with van der Waals surface area (Å²) in [5.41, 5.74) is 1.45. The molecular weight excluding hydrogens is 206 g/mol. The van der Waals surface area contributed by atoms with E-state index in [0.29, 0.717) is 24.9 Å². The number of aromatic nitrogens is 1. The van der Waals surface area contributed by atoms with E-state index in [1.807, 2.05) is 0 Å². The van der Waals surface area contributed by atoms with Crippen molar-refractivity contribution in [3.05, 3.63) is 33.7 Å². The second-order valence-corrected chi connectivity index (χ2v) is 4.04. The molecule has 0 aromatic carbocycles. The number of ketones is 1. The molecule has 1 aromatic heterocycles. The molecule has 0 unspecified atom stereocenters. The van der Waals surface area contributed by atoms with Gasteiger partial charge in [0.15, 0.2) is 5.78 Å². The van der Waals surface area contributed by atoms with Crippen molar-refractivity contribution in [2.75, 3.05) is 6.61 Å². The Balaban J connectivity index is 2.46. The van der Waals surface area contributed by atoms with Gasteiger partial charge < -0.3 is 9.67 Å². The predicted octanol–water partition coefficient (Wildman–Crippen LogP) is 0.750. The van der Waals surface area contributed by atoms with Gasteiger partial charge in [-0.2, -0.15) is 0 Å². The fraction of sp³-hybridized carbons (Fsp3) is 0.500. The summed E-state index contributed by atoms with van der Waals surface area (Å²) in [6, 6.07) is 3.08. The molecule has 86 valence electrons. The molecule has 0 aliphatic heterocycles. The maximum atomic E-state index is 11.7. The quantitative estimate of drug-likeness (QED) is 0.819. The van der Waals surface area contributed by atoms with Gasteiger partial charge in [-0.25, -0.2) is 0 Å². The zero-order valence-electron chi connectivity index (χ0n) is 9.11. The fourth-order valence-corrected chi connectivity index (χ4v) is 2.17. The van der Waals surface area contributed by atoms with Crippen molar-refractivity contribution in [3.63, 3.8) is 0 Å². The molecule has 0 saturated heterocycles. The van der Waals surface area contributed by atoms with Crippen LogP contribution in [-0.2, 0) is 13.0 Å². The number of hydrogen-bond donors (Lipinski definition) is 1. The minimum Gasteiger partial charge on any atom is -0.396 e. The van der Waals surface area contributed by atoms with Crippen LogP contribution in [0.4, 0.5) is 0 Å². The number of pyridine rings is 1. The normalized spacial score (nSPS) is 14.9. The summed E-state index contributed by atoms with van der Waals surface area (Å²) in [6.45, 7) is 0.551. The van der Waals surface area contributed by atoms with E-state index in [1.54, 1.807) is 10.6 Å². The Morgan fingerprint density at radius 3 is 2.81 bits per heavy atom. The molecule has 1 N–H and O–H groups in total. The van der Waals surface area contributed by atoms with Crippen LogP contribution in [-0.4, -0.2) is 22.1 Å². The van der Waals surface area contributed by atoms with E-state index in [4.69, 9.17) is 5.11 Å². The molecule has 1 aliphatic carbocycles. The molecule has 16 heavy (non-hydrogen) atoms. The molecule has 4 nitrogen and oxygen atoms in total. The standard InChI is InChI=1S/C12H15NO3/c14-8-2-7-13-10-3-1-4-11(15)9(10)5-6-12(13)16/h5-6,14H,1-4,7-8H2. The van der Waals surface area contributed by atoms with Gasteiger partial charge in [0, 0.05) is 36.9 Å². The highest BCUT2D eigenvalue weighted by molar-refractivity contribution is 5.97. The van der Waals surface area contributed by atoms with Crippen molar-refractivity contribution in [2.24, 2.45) is 0 Å². The molecule has 2 rings (SSSR count). The smallest absolute Gasteiger partial charge is 0.250 e. The minimum atomic E-state index is -0.0816. The third-order valence-electron chi connectivity index (χ3n) is 2.95. The van der Waals surface area contributed by atoms with E-state index in [1.165, 1.54) is 6.07 Å². The van der Waals surface area contributed by atoms with Crippen LogP contribution in [0.5, 0.6) is 0 Å². The van der Waals surface area contributed by atoms with Crippen LogP contribution in [0.1, 0.15) is 35.3 Å². The van der Waals surface area contributed by atoms with E-state index < -0.39 is 0 Å². The van der Waals surface area contributed by atoms with Crippen molar-refractivity contribution in [1.29, 1.82) is 0 Å². The average molecular weight is 221 g/mol. The lowest BCUT2D eigenvalue weighted by atomic mass is 9.94. The Morgan fingerprint density at radius 2 is 2.06 bits per heavy atom. The van der Waals surface area contributed by atoms with Gasteiger partial charge in [0.2, 0.25) is 0 Å². The predicted molar refractivity (Wildman–Crippen MR) is 59.7 cm³/mol. The Labute approximate surface area is 93.5 Å². The number of rotatable bonds is 3. The molecule has 1 heterocycles. The molecule has 0 spiro atoms. The second kappa shape index (κ2) is 4.61. The van der Waals surface area contributed by atoms with Crippen molar-refractivity contribution >= 4 is 5.78 Å². The first-order valence-electron chi connectivity index (χ1n) is 5.61. The molecule has 4 heteroatoms. The third kappa shape index (κ3) is 1.93. The summed E-state index contributed by atoms with van der Waals surface area (Å²) in [4.78, 5) is 23.3. The summed E-state index contributed by atoms with van der Waals surface area (Å²) < 4.78 is 1.63. The van der Waals surface area contributed by atoms with Gasteiger partial charge in [-0.15, -0.1) is 0 Å². The summed E-state index contributed by atoms with van der Waals surface area (Å²) in [5, 5.41) is 8.79. The van der Waals surface area contributed by atoms with Crippen LogP contribution in [0.15, 0.2) is 16.9 Å². The lowest BCUT2D eigenvalue weighted by molar-refractivity contribution is 0.0970. The highest BCUT2D eigenvalue weighted by atomic mass is 16.3. The fourth-order valence-electron chi connectivity index (χ4n) is 2.17. The first kappa shape index (κ1) is 11.1. The van der Waals surface area contributed by atoms with Crippen molar-refractivity contribution < 1.29 is 9.90 Å². The first-order chi connectivity index (χ1) is 7.74. The van der Waals surface area contributed by atoms with Gasteiger partial charge in [0.05, 0.1) is 0 Å². The Kier molecular flexibility index (Phi) is 3.19. The van der Waals surface area contributed by atoms with Gasteiger partial charge >= 0.3 is 0 Å². The van der Waals surface area contributed by atoms with Gasteiger partial charge in [0.25, 0.3) is 5.56 Å². The highest BCUT2D eigenvalue weighted by Gasteiger charge is 2.20. The number of aliphatic hydroxyl groups excluding tert-OH is 1. The Hall–Kier alpha value is -1.42. The molecule has 0 saturated carbocycles. The zero-order chi connectivity index (χ0) is 11.5. The van der Waals surface area contributed by atoms with Crippen LogP contribution in [0.25, 0.3) is 0 Å². The Morgan fingerprint density at radius 1 is 1.25 bits per heavy atom. The number of Topliss-reactive ketones (excluding diaryl/α,β-unsaturated/α-hetero) is 1. The molecule has 0 fully saturated rings. The SMILES string of the molecule is O=C1CCCc2c1ccc(=O)n2CCCO. The summed E-state index contributed by atoms with van der Waals surface area (Å²) in [5.74, 6) is 0.124. The topological polar surface area (TPSA) is 59.3 Å². The van der Waals surface area contributed by atoms with Crippen LogP contribution in [0, 0.1) is 0 Å². The number of carbonyl (C=O) groups is 1. The largest absolute Gasteiger partial charge is 0.396 e. The number of carbonyl (C=O) groups excluding carboxylic acids is 1. The van der Waals surface area contributed by atoms with Gasteiger partial charge in [0.1, 0.15) is 0 Å². The number of nitrogens with zero attached hydrogens (tertiary/aromatic N) is 1. The summed E-state index contributed by atoms with van der Waals surface area (Å²) in [7, 11) is 0. The number of hydrogen-bond acceptors (Lipinski definition) is 3. The second-order valence-electron chi connectivity index (χ2n) is 4.04. The Bertz CT molecular complexity index is 462. The van der Waals surface area contributed by atoms with E-state index in [9.17, 15) is 9.59 Å². The highest BCUT2D eigenvalue weighted by Crippen LogP contribution is 2.19. The molecule has 1 aliphatic rings. The lowest BCUT2D eigenvalue weighted by Gasteiger charge is -2.19. The average Bonchev–Trinajstić information content (AvgIpc) is 2.28. The molecule has 1 aromatic rings. The summed E-state index contributed by atoms with van der Waals surface area (Å²) in [6.07, 6.45) is 2.72. The maximum absolute atomic E-state index is 11.7. The zero-order valence-corrected chi connectivity index (χ0v) is 9.11. The monoisotopic (exact) mass is 221 g/mol. The van der Waals surface area contributed by atoms with Crippen molar-refractivity contribution in [1.82, 2.24) is 4.57 Å².